The second kappa shape index (κ2) is 28.2. The maximum atomic E-state index is 16.7. The summed E-state index contributed by atoms with van der Waals surface area (Å²) >= 11 is 0. The van der Waals surface area contributed by atoms with Crippen LogP contribution in [0.25, 0.3) is 55.4 Å². The lowest BCUT2D eigenvalue weighted by molar-refractivity contribution is -0.143. The quantitative estimate of drug-likeness (QED) is 0.0497. The minimum atomic E-state index is -0.984. The number of ether oxygens (including phenoxy) is 2. The molecule has 7 atom stereocenters. The van der Waals surface area contributed by atoms with Crippen molar-refractivity contribution in [3.05, 3.63) is 106 Å². The van der Waals surface area contributed by atoms with Gasteiger partial charge in [0.2, 0.25) is 23.6 Å². The van der Waals surface area contributed by atoms with Gasteiger partial charge in [-0.05, 0) is 178 Å². The van der Waals surface area contributed by atoms with Crippen LogP contribution in [0, 0.1) is 23.6 Å². The molecule has 7 aromatic rings. The number of imidazole rings is 1. The average Bonchev–Trinajstić information content (AvgIpc) is 1.56. The van der Waals surface area contributed by atoms with Crippen molar-refractivity contribution >= 4 is 74.7 Å². The van der Waals surface area contributed by atoms with Crippen LogP contribution in [0.1, 0.15) is 177 Å². The van der Waals surface area contributed by atoms with Crippen molar-refractivity contribution in [3.63, 3.8) is 0 Å². The fourth-order valence-electron chi connectivity index (χ4n) is 15.7. The van der Waals surface area contributed by atoms with Gasteiger partial charge in [0.15, 0.2) is 0 Å². The van der Waals surface area contributed by atoms with Crippen LogP contribution in [0.5, 0.6) is 0 Å². The zero-order valence-electron chi connectivity index (χ0n) is 57.1. The molecule has 0 radical (unpaired) electrons. The third kappa shape index (κ3) is 14.1. The molecule has 516 valence electrons. The number of carbonyl (C=O) groups excluding carboxylic acids is 7. The van der Waals surface area contributed by atoms with E-state index in [9.17, 15) is 33.6 Å². The van der Waals surface area contributed by atoms with Crippen molar-refractivity contribution in [2.45, 2.75) is 198 Å². The zero-order valence-corrected chi connectivity index (χ0v) is 57.1. The van der Waals surface area contributed by atoms with Gasteiger partial charge in [-0.3, -0.25) is 42.7 Å². The van der Waals surface area contributed by atoms with Gasteiger partial charge in [-0.1, -0.05) is 55.7 Å². The molecular weight excluding hydrogens is 1240 g/mol. The van der Waals surface area contributed by atoms with E-state index >= 15 is 9.18 Å². The predicted molar refractivity (Wildman–Crippen MR) is 366 cm³/mol. The summed E-state index contributed by atoms with van der Waals surface area (Å²) < 4.78 is 32.5. The van der Waals surface area contributed by atoms with Crippen LogP contribution >= 0.6 is 0 Å². The number of benzene rings is 3. The fraction of sp³-hybridized carbons (Fsp3) is 0.534. The molecule has 5 aliphatic rings. The number of methoxy groups -OCH3 is 1. The Hall–Kier alpha value is -9.09. The van der Waals surface area contributed by atoms with E-state index in [4.69, 9.17) is 14.5 Å². The molecule has 0 spiro atoms. The van der Waals surface area contributed by atoms with Crippen molar-refractivity contribution in [3.8, 4) is 22.4 Å². The number of aromatic nitrogens is 6. The Morgan fingerprint density at radius 3 is 2.29 bits per heavy atom. The number of aryl methyl sites for hydroxylation is 2. The van der Waals surface area contributed by atoms with E-state index in [2.05, 4.69) is 56.6 Å². The van der Waals surface area contributed by atoms with E-state index in [0.29, 0.717) is 96.7 Å². The number of aromatic amines is 1. The molecule has 97 heavy (non-hydrogen) atoms. The number of fused-ring (bicyclic) bond motifs is 5. The summed E-state index contributed by atoms with van der Waals surface area (Å²) in [5, 5.41) is 21.6. The Bertz CT molecular complexity index is 4220. The molecule has 0 bridgehead atoms. The van der Waals surface area contributed by atoms with Gasteiger partial charge in [-0.2, -0.15) is 5.10 Å². The number of rotatable bonds is 17. The second-order valence-electron chi connectivity index (χ2n) is 28.9. The van der Waals surface area contributed by atoms with Crippen LogP contribution in [0.2, 0.25) is 0 Å². The Labute approximate surface area is 563 Å². The zero-order chi connectivity index (χ0) is 68.7. The SMILES string of the molecule is COC(=O)N[C@@H]1CC[C@@H](n2c(=O)n(C)c3cnc4[nH]c(-c5ccc(C(=O)NCC6CCC(C(=O)N[C@H]7C[C@@H](C(=O)N[C@@H]8CCCc9ccccc98)N(C(=O)[C@@H](NC(=O)[C@H](C)N(C)C(=O)OC(C)(C)C)C8CCCCC8)C7)CC6)c(F)c5)c(-c5ccc6c(cnn6C(C)C)c5)c4c32)C1. The number of pyridine rings is 1. The van der Waals surface area contributed by atoms with Crippen molar-refractivity contribution < 1.29 is 47.4 Å². The molecule has 3 aromatic carbocycles. The minimum absolute atomic E-state index is 0.00401. The first-order chi connectivity index (χ1) is 46.4. The standard InChI is InChI=1S/C73H92FN13O10/c1-40(2)87-56-31-27-46(32-48(56)37-77-87)59-60-63-58(84(8)71(94)86(63)51-29-28-49(34-51)79-70(93)96-9)38-75-64(60)81-61(59)47-26-30-53(54(74)33-47)67(90)76-36-42-22-24-45(25-23-42)66(89)78-50-35-57(68(91)80-55-21-15-19-43-16-13-14-20-52(43)55)85(39-50)69(92)62(44-17-11-10-12-18-44)82-65(88)41(3)83(7)72(95)97-73(4,5)6/h13-14,16,20,26-27,30-33,37-38,40-42,44-45,49-51,55,57,62H,10-12,15,17-19,21-25,28-29,34-36,39H2,1-9H3,(H,75,81)(H,76,90)(H,78,89)(H,79,93)(H,80,91)(H,82,88)/t41-,42?,45?,49+,50-,51+,55+,57-,62-/m0/s1. The van der Waals surface area contributed by atoms with Crippen LogP contribution in [-0.4, -0.2) is 143 Å². The molecule has 6 N–H and O–H groups in total. The summed E-state index contributed by atoms with van der Waals surface area (Å²) in [6.07, 6.45) is 13.1. The first kappa shape index (κ1) is 67.9. The Morgan fingerprint density at radius 2 is 1.56 bits per heavy atom. The van der Waals surface area contributed by atoms with E-state index in [1.165, 1.54) is 36.8 Å². The number of halogens is 1. The monoisotopic (exact) mass is 1330 g/mol. The number of likely N-dealkylation sites (tertiary alicyclic amines) is 1. The summed E-state index contributed by atoms with van der Waals surface area (Å²) in [4.78, 5) is 123. The number of likely N-dealkylation sites (N-methyl/N-ethyl adjacent to an activating group) is 1. The van der Waals surface area contributed by atoms with Crippen LogP contribution < -0.4 is 32.3 Å². The van der Waals surface area contributed by atoms with E-state index in [1.807, 2.05) is 47.3 Å². The highest BCUT2D eigenvalue weighted by Crippen LogP contribution is 2.44. The highest BCUT2D eigenvalue weighted by Gasteiger charge is 2.46. The third-order valence-electron chi connectivity index (χ3n) is 21.0. The lowest BCUT2D eigenvalue weighted by atomic mass is 9.81. The number of H-pyrrole nitrogens is 1. The van der Waals surface area contributed by atoms with E-state index in [-0.39, 0.29) is 84.5 Å². The van der Waals surface area contributed by atoms with Gasteiger partial charge in [0.25, 0.3) is 5.91 Å². The van der Waals surface area contributed by atoms with Crippen LogP contribution in [-0.2, 0) is 42.1 Å². The van der Waals surface area contributed by atoms with Gasteiger partial charge in [-0.25, -0.2) is 23.8 Å². The average molecular weight is 1330 g/mol. The smallest absolute Gasteiger partial charge is 0.410 e. The van der Waals surface area contributed by atoms with Gasteiger partial charge < -0.3 is 45.9 Å². The first-order valence-corrected chi connectivity index (χ1v) is 34.7. The normalized spacial score (nSPS) is 22.1. The molecule has 3 saturated carbocycles. The summed E-state index contributed by atoms with van der Waals surface area (Å²) in [6.45, 7) is 11.3. The number of nitrogens with one attached hydrogen (secondary N) is 6. The molecule has 1 aliphatic heterocycles. The summed E-state index contributed by atoms with van der Waals surface area (Å²) in [6, 6.07) is 14.5. The number of amides is 7. The predicted octanol–water partition coefficient (Wildman–Crippen LogP) is 10.2. The number of hydrogen-bond donors (Lipinski definition) is 6. The third-order valence-corrected chi connectivity index (χ3v) is 21.0. The topological polar surface area (TPSA) is 278 Å². The molecular formula is C73H92FN13O10. The molecule has 4 aromatic heterocycles. The van der Waals surface area contributed by atoms with Gasteiger partial charge in [0, 0.05) is 73.8 Å². The van der Waals surface area contributed by atoms with Crippen LogP contribution in [0.3, 0.4) is 0 Å². The maximum Gasteiger partial charge on any atom is 0.410 e. The van der Waals surface area contributed by atoms with Gasteiger partial charge in [0.05, 0.1) is 58.7 Å². The maximum absolute atomic E-state index is 16.7. The highest BCUT2D eigenvalue weighted by molar-refractivity contribution is 6.15. The molecule has 4 aliphatic carbocycles. The Balaban J connectivity index is 0.732. The molecule has 24 heteroatoms. The summed E-state index contributed by atoms with van der Waals surface area (Å²) in [7, 11) is 4.52. The minimum Gasteiger partial charge on any atom is -0.453 e. The van der Waals surface area contributed by atoms with Gasteiger partial charge in [-0.15, -0.1) is 0 Å². The Kier molecular flexibility index (Phi) is 19.7. The van der Waals surface area contributed by atoms with Crippen LogP contribution in [0.15, 0.2) is 77.9 Å². The van der Waals surface area contributed by atoms with Gasteiger partial charge in [0.1, 0.15) is 35.2 Å². The van der Waals surface area contributed by atoms with Crippen molar-refractivity contribution in [1.29, 1.82) is 0 Å². The molecule has 23 nitrogen and oxygen atoms in total. The number of carbonyl (C=O) groups is 7. The number of hydrogen-bond acceptors (Lipinski definition) is 12. The second-order valence-corrected chi connectivity index (χ2v) is 28.9. The fourth-order valence-corrected chi connectivity index (χ4v) is 15.7. The van der Waals surface area contributed by atoms with E-state index < -0.39 is 65.5 Å². The van der Waals surface area contributed by atoms with Crippen molar-refractivity contribution in [1.82, 2.24) is 65.3 Å². The molecule has 12 rings (SSSR count). The Morgan fingerprint density at radius 1 is 0.804 bits per heavy atom. The van der Waals surface area contributed by atoms with Gasteiger partial charge >= 0.3 is 17.9 Å². The highest BCUT2D eigenvalue weighted by atomic mass is 19.1. The molecule has 1 saturated heterocycles. The van der Waals surface area contributed by atoms with Crippen LogP contribution in [0.4, 0.5) is 14.0 Å². The van der Waals surface area contributed by atoms with Crippen molar-refractivity contribution in [2.24, 2.45) is 24.8 Å². The molecule has 5 heterocycles. The lowest BCUT2D eigenvalue weighted by Crippen LogP contribution is -2.59. The molecule has 0 unspecified atom stereocenters. The number of nitrogens with zero attached hydrogens (tertiary/aromatic N) is 7. The van der Waals surface area contributed by atoms with E-state index in [1.54, 1.807) is 61.0 Å². The first-order valence-electron chi connectivity index (χ1n) is 34.7. The molecule has 7 amide bonds. The van der Waals surface area contributed by atoms with E-state index in [0.717, 1.165) is 60.6 Å². The number of alkyl carbamates (subject to hydrolysis) is 1. The largest absolute Gasteiger partial charge is 0.453 e. The summed E-state index contributed by atoms with van der Waals surface area (Å²) in [5.41, 5.74) is 6.13. The molecule has 4 fully saturated rings. The lowest BCUT2D eigenvalue weighted by Gasteiger charge is -2.36. The summed E-state index contributed by atoms with van der Waals surface area (Å²) in [5.74, 6) is -3.33. The van der Waals surface area contributed by atoms with Crippen molar-refractivity contribution in [2.75, 3.05) is 27.2 Å².